The summed E-state index contributed by atoms with van der Waals surface area (Å²) in [5.41, 5.74) is 1.26. The smallest absolute Gasteiger partial charge is 0.267 e. The number of aryl methyl sites for hydroxylation is 2. The molecule has 0 aliphatic carbocycles. The molecule has 2 N–H and O–H groups in total. The Morgan fingerprint density at radius 3 is 2.82 bits per heavy atom. The van der Waals surface area contributed by atoms with Gasteiger partial charge in [0.15, 0.2) is 10.7 Å². The van der Waals surface area contributed by atoms with Gasteiger partial charge < -0.3 is 9.84 Å². The van der Waals surface area contributed by atoms with Gasteiger partial charge in [0, 0.05) is 4.90 Å². The third-order valence-corrected chi connectivity index (χ3v) is 5.80. The molecular weight excluding hydrogens is 326 g/mol. The average molecular weight is 339 g/mol. The van der Waals surface area contributed by atoms with E-state index in [0.717, 1.165) is 4.90 Å². The fourth-order valence-electron chi connectivity index (χ4n) is 2.21. The number of amides is 1. The van der Waals surface area contributed by atoms with Crippen LogP contribution in [0.3, 0.4) is 0 Å². The Kier molecular flexibility index (Phi) is 3.61. The number of sulfonamides is 1. The van der Waals surface area contributed by atoms with Crippen molar-refractivity contribution < 1.29 is 17.7 Å². The van der Waals surface area contributed by atoms with Crippen molar-refractivity contribution in [3.63, 3.8) is 0 Å². The van der Waals surface area contributed by atoms with E-state index in [1.165, 1.54) is 18.7 Å². The van der Waals surface area contributed by atoms with E-state index < -0.39 is 10.0 Å². The molecule has 1 aliphatic rings. The summed E-state index contributed by atoms with van der Waals surface area (Å²) in [5.74, 6) is 0.479. The van der Waals surface area contributed by atoms with Crippen molar-refractivity contribution in [1.29, 1.82) is 0 Å². The second kappa shape index (κ2) is 5.33. The Bertz CT molecular complexity index is 839. The fourth-order valence-corrected chi connectivity index (χ4v) is 4.38. The molecule has 1 aliphatic heterocycles. The molecular formula is C13H13N3O4S2. The van der Waals surface area contributed by atoms with Crippen LogP contribution in [-0.2, 0) is 14.8 Å². The summed E-state index contributed by atoms with van der Waals surface area (Å²) in [5, 5.41) is 6.37. The number of aromatic nitrogens is 1. The normalized spacial score (nSPS) is 14.4. The lowest BCUT2D eigenvalue weighted by Crippen LogP contribution is -2.19. The van der Waals surface area contributed by atoms with Crippen molar-refractivity contribution in [2.75, 3.05) is 15.8 Å². The number of nitrogens with one attached hydrogen (secondary N) is 2. The summed E-state index contributed by atoms with van der Waals surface area (Å²) < 4.78 is 32.2. The highest BCUT2D eigenvalue weighted by atomic mass is 32.2. The molecule has 0 radical (unpaired) electrons. The molecule has 0 spiro atoms. The number of carbonyl (C=O) groups excluding carboxylic acids is 1. The van der Waals surface area contributed by atoms with Gasteiger partial charge in [0.2, 0.25) is 5.91 Å². The van der Waals surface area contributed by atoms with Crippen molar-refractivity contribution in [2.45, 2.75) is 23.6 Å². The highest BCUT2D eigenvalue weighted by Gasteiger charge is 2.25. The molecule has 9 heteroatoms. The second-order valence-electron chi connectivity index (χ2n) is 4.81. The van der Waals surface area contributed by atoms with E-state index in [-0.39, 0.29) is 16.6 Å². The number of anilines is 2. The number of carbonyl (C=O) groups is 1. The number of hydrogen-bond donors (Lipinski definition) is 2. The van der Waals surface area contributed by atoms with E-state index in [1.54, 1.807) is 25.1 Å². The van der Waals surface area contributed by atoms with Crippen molar-refractivity contribution >= 4 is 39.1 Å². The Morgan fingerprint density at radius 2 is 2.14 bits per heavy atom. The summed E-state index contributed by atoms with van der Waals surface area (Å²) in [4.78, 5) is 12.3. The molecule has 7 nitrogen and oxygen atoms in total. The van der Waals surface area contributed by atoms with Crippen LogP contribution in [-0.4, -0.2) is 25.2 Å². The molecule has 1 aromatic carbocycles. The van der Waals surface area contributed by atoms with E-state index in [0.29, 0.717) is 22.8 Å². The van der Waals surface area contributed by atoms with Gasteiger partial charge in [-0.3, -0.25) is 9.52 Å². The van der Waals surface area contributed by atoms with Crippen molar-refractivity contribution in [3.8, 4) is 0 Å². The molecule has 116 valence electrons. The number of benzene rings is 1. The highest BCUT2D eigenvalue weighted by Crippen LogP contribution is 2.34. The zero-order chi connectivity index (χ0) is 15.9. The predicted molar refractivity (Wildman–Crippen MR) is 82.6 cm³/mol. The summed E-state index contributed by atoms with van der Waals surface area (Å²) in [6.45, 7) is 3.10. The van der Waals surface area contributed by atoms with Crippen molar-refractivity contribution in [3.05, 3.63) is 29.7 Å². The fraction of sp³-hybridized carbons (Fsp3) is 0.231. The third kappa shape index (κ3) is 2.69. The first-order valence-electron chi connectivity index (χ1n) is 6.39. The molecule has 3 rings (SSSR count). The largest absolute Gasteiger partial charge is 0.360 e. The molecule has 0 fully saturated rings. The first kappa shape index (κ1) is 14.9. The molecule has 2 aromatic rings. The van der Waals surface area contributed by atoms with Gasteiger partial charge in [-0.05, 0) is 32.0 Å². The Morgan fingerprint density at radius 1 is 1.36 bits per heavy atom. The van der Waals surface area contributed by atoms with Gasteiger partial charge in [-0.2, -0.15) is 0 Å². The molecule has 22 heavy (non-hydrogen) atoms. The summed E-state index contributed by atoms with van der Waals surface area (Å²) in [6, 6.07) is 5.01. The van der Waals surface area contributed by atoms with E-state index in [2.05, 4.69) is 15.2 Å². The summed E-state index contributed by atoms with van der Waals surface area (Å²) in [7, 11) is -3.80. The Balaban J connectivity index is 1.93. The van der Waals surface area contributed by atoms with Crippen LogP contribution in [0, 0.1) is 13.8 Å². The van der Waals surface area contributed by atoms with Gasteiger partial charge in [-0.1, -0.05) is 5.16 Å². The Labute approximate surface area is 131 Å². The average Bonchev–Trinajstić information content (AvgIpc) is 2.78. The zero-order valence-electron chi connectivity index (χ0n) is 11.8. The van der Waals surface area contributed by atoms with E-state index >= 15 is 0 Å². The monoisotopic (exact) mass is 339 g/mol. The molecule has 0 saturated heterocycles. The second-order valence-corrected chi connectivity index (χ2v) is 7.44. The minimum Gasteiger partial charge on any atom is -0.360 e. The summed E-state index contributed by atoms with van der Waals surface area (Å²) in [6.07, 6.45) is 0. The lowest BCUT2D eigenvalue weighted by atomic mass is 10.3. The van der Waals surface area contributed by atoms with Crippen LogP contribution in [0.25, 0.3) is 0 Å². The van der Waals surface area contributed by atoms with Crippen LogP contribution in [0.15, 0.2) is 32.5 Å². The number of rotatable bonds is 3. The number of fused-ring (bicyclic) bond motifs is 1. The molecule has 0 atom stereocenters. The maximum absolute atomic E-state index is 12.4. The van der Waals surface area contributed by atoms with Gasteiger partial charge in [0.25, 0.3) is 10.0 Å². The van der Waals surface area contributed by atoms with Crippen LogP contribution >= 0.6 is 11.8 Å². The highest BCUT2D eigenvalue weighted by molar-refractivity contribution is 8.00. The molecule has 2 heterocycles. The van der Waals surface area contributed by atoms with Crippen LogP contribution in [0.2, 0.25) is 0 Å². The van der Waals surface area contributed by atoms with Crippen molar-refractivity contribution in [2.24, 2.45) is 0 Å². The summed E-state index contributed by atoms with van der Waals surface area (Å²) >= 11 is 1.41. The minimum atomic E-state index is -3.80. The maximum atomic E-state index is 12.4. The van der Waals surface area contributed by atoms with E-state index in [9.17, 15) is 13.2 Å². The van der Waals surface area contributed by atoms with Crippen LogP contribution in [0.5, 0.6) is 0 Å². The van der Waals surface area contributed by atoms with Crippen molar-refractivity contribution in [1.82, 2.24) is 5.16 Å². The molecule has 0 unspecified atom stereocenters. The maximum Gasteiger partial charge on any atom is 0.267 e. The van der Waals surface area contributed by atoms with Gasteiger partial charge in [0.05, 0.1) is 17.1 Å². The first-order valence-corrected chi connectivity index (χ1v) is 8.86. The minimum absolute atomic E-state index is 0.0311. The van der Waals surface area contributed by atoms with Crippen LogP contribution in [0.1, 0.15) is 11.5 Å². The van der Waals surface area contributed by atoms with Crippen LogP contribution < -0.4 is 10.0 Å². The first-order chi connectivity index (χ1) is 10.4. The predicted octanol–water partition coefficient (Wildman–Crippen LogP) is 2.14. The zero-order valence-corrected chi connectivity index (χ0v) is 13.5. The van der Waals surface area contributed by atoms with Gasteiger partial charge in [0.1, 0.15) is 5.69 Å². The van der Waals surface area contributed by atoms with Gasteiger partial charge in [-0.15, -0.1) is 11.8 Å². The van der Waals surface area contributed by atoms with Gasteiger partial charge >= 0.3 is 0 Å². The lowest BCUT2D eigenvalue weighted by molar-refractivity contribution is -0.113. The molecule has 0 saturated carbocycles. The Hall–Kier alpha value is -2.00. The lowest BCUT2D eigenvalue weighted by Gasteiger charge is -2.17. The SMILES string of the molecule is Cc1noc(C)c1S(=O)(=O)Nc1ccc2c(c1)NC(=O)CS2. The topological polar surface area (TPSA) is 101 Å². The standard InChI is InChI=1S/C13H13N3O4S2/c1-7-13(8(2)20-15-7)22(18,19)16-9-3-4-11-10(5-9)14-12(17)6-21-11/h3-5,16H,6H2,1-2H3,(H,14,17). The molecule has 0 bridgehead atoms. The van der Waals surface area contributed by atoms with E-state index in [1.807, 2.05) is 0 Å². The quantitative estimate of drug-likeness (QED) is 0.888. The third-order valence-electron chi connectivity index (χ3n) is 3.10. The number of thioether (sulfide) groups is 1. The van der Waals surface area contributed by atoms with Gasteiger partial charge in [-0.25, -0.2) is 8.42 Å². The van der Waals surface area contributed by atoms with E-state index in [4.69, 9.17) is 4.52 Å². The molecule has 1 aromatic heterocycles. The number of hydrogen-bond acceptors (Lipinski definition) is 6. The molecule has 1 amide bonds. The van der Waals surface area contributed by atoms with Crippen LogP contribution in [0.4, 0.5) is 11.4 Å². The number of nitrogens with zero attached hydrogens (tertiary/aromatic N) is 1.